The fourth-order valence-corrected chi connectivity index (χ4v) is 1.26. The summed E-state index contributed by atoms with van der Waals surface area (Å²) in [6.45, 7) is 4.81. The molecule has 0 saturated carbocycles. The van der Waals surface area contributed by atoms with E-state index >= 15 is 0 Å². The number of rotatable bonds is 1. The third kappa shape index (κ3) is 1.08. The molecule has 0 aromatic carbocycles. The van der Waals surface area contributed by atoms with Gasteiger partial charge in [0.25, 0.3) is 0 Å². The van der Waals surface area contributed by atoms with Crippen molar-refractivity contribution in [3.8, 4) is 0 Å². The van der Waals surface area contributed by atoms with Crippen molar-refractivity contribution < 1.29 is 4.39 Å². The Morgan fingerprint density at radius 3 is 2.67 bits per heavy atom. The van der Waals surface area contributed by atoms with Crippen molar-refractivity contribution >= 4 is 0 Å². The van der Waals surface area contributed by atoms with Crippen LogP contribution >= 0.6 is 0 Å². The van der Waals surface area contributed by atoms with Crippen LogP contribution in [0.1, 0.15) is 26.7 Å². The second kappa shape index (κ2) is 2.25. The topological polar surface area (TPSA) is 12.0 Å². The third-order valence-electron chi connectivity index (χ3n) is 2.35. The Hall–Kier alpha value is -0.110. The van der Waals surface area contributed by atoms with Gasteiger partial charge in [-0.15, -0.1) is 0 Å². The van der Waals surface area contributed by atoms with E-state index in [1.807, 2.05) is 13.8 Å². The lowest BCUT2D eigenvalue weighted by Crippen LogP contribution is -2.41. The fraction of sp³-hybridized carbons (Fsp3) is 1.00. The van der Waals surface area contributed by atoms with Crippen molar-refractivity contribution in [2.75, 3.05) is 6.54 Å². The Kier molecular flexibility index (Phi) is 1.75. The van der Waals surface area contributed by atoms with Crippen LogP contribution in [0.25, 0.3) is 0 Å². The molecule has 0 radical (unpaired) electrons. The highest BCUT2D eigenvalue weighted by atomic mass is 19.1. The van der Waals surface area contributed by atoms with Crippen molar-refractivity contribution in [1.82, 2.24) is 5.32 Å². The summed E-state index contributed by atoms with van der Waals surface area (Å²) in [6.07, 6.45) is 0.931. The number of nitrogens with one attached hydrogen (secondary N) is 1. The van der Waals surface area contributed by atoms with Crippen molar-refractivity contribution in [1.29, 1.82) is 0 Å². The second-order valence-electron chi connectivity index (χ2n) is 2.95. The van der Waals surface area contributed by atoms with Gasteiger partial charge in [0, 0.05) is 5.54 Å². The molecule has 1 aliphatic rings. The Bertz CT molecular complexity index is 105. The smallest absolute Gasteiger partial charge is 0.119 e. The molecular weight excluding hydrogens is 117 g/mol. The predicted molar refractivity (Wildman–Crippen MR) is 36.2 cm³/mol. The summed E-state index contributed by atoms with van der Waals surface area (Å²) in [4.78, 5) is 0. The number of hydrogen-bond donors (Lipinski definition) is 1. The molecule has 1 nitrogen and oxygen atoms in total. The Morgan fingerprint density at radius 2 is 2.44 bits per heavy atom. The molecule has 1 heterocycles. The molecule has 2 heteroatoms. The maximum absolute atomic E-state index is 12.9. The first kappa shape index (κ1) is 7.00. The van der Waals surface area contributed by atoms with Gasteiger partial charge in [0.2, 0.25) is 0 Å². The zero-order chi connectivity index (χ0) is 6.91. The van der Waals surface area contributed by atoms with Gasteiger partial charge >= 0.3 is 0 Å². The van der Waals surface area contributed by atoms with E-state index in [9.17, 15) is 4.39 Å². The van der Waals surface area contributed by atoms with E-state index in [0.29, 0.717) is 6.42 Å². The summed E-state index contributed by atoms with van der Waals surface area (Å²) in [7, 11) is 0. The minimum Gasteiger partial charge on any atom is -0.309 e. The fourth-order valence-electron chi connectivity index (χ4n) is 1.26. The van der Waals surface area contributed by atoms with Crippen LogP contribution in [0.15, 0.2) is 0 Å². The average Bonchev–Trinajstić information content (AvgIpc) is 2.15. The highest BCUT2D eigenvalue weighted by molar-refractivity contribution is 4.95. The van der Waals surface area contributed by atoms with Gasteiger partial charge in [-0.2, -0.15) is 0 Å². The first-order valence-corrected chi connectivity index (χ1v) is 3.58. The summed E-state index contributed by atoms with van der Waals surface area (Å²) >= 11 is 0. The normalized spacial score (nSPS) is 43.7. The van der Waals surface area contributed by atoms with E-state index in [2.05, 4.69) is 5.32 Å². The van der Waals surface area contributed by atoms with Crippen LogP contribution in [-0.4, -0.2) is 18.3 Å². The monoisotopic (exact) mass is 131 g/mol. The largest absolute Gasteiger partial charge is 0.309 e. The van der Waals surface area contributed by atoms with E-state index in [1.165, 1.54) is 0 Å². The van der Waals surface area contributed by atoms with Gasteiger partial charge in [0.1, 0.15) is 6.17 Å². The van der Waals surface area contributed by atoms with Crippen molar-refractivity contribution in [3.63, 3.8) is 0 Å². The zero-order valence-electron chi connectivity index (χ0n) is 6.08. The van der Waals surface area contributed by atoms with Crippen molar-refractivity contribution in [3.05, 3.63) is 0 Å². The third-order valence-corrected chi connectivity index (χ3v) is 2.35. The first-order valence-electron chi connectivity index (χ1n) is 3.58. The van der Waals surface area contributed by atoms with E-state index in [1.54, 1.807) is 0 Å². The van der Waals surface area contributed by atoms with Crippen LogP contribution < -0.4 is 5.32 Å². The molecule has 54 valence electrons. The van der Waals surface area contributed by atoms with Crippen LogP contribution in [0.3, 0.4) is 0 Å². The maximum Gasteiger partial charge on any atom is 0.119 e. The Labute approximate surface area is 55.6 Å². The van der Waals surface area contributed by atoms with E-state index in [4.69, 9.17) is 0 Å². The molecule has 0 spiro atoms. The summed E-state index contributed by atoms with van der Waals surface area (Å²) in [5, 5.41) is 3.16. The predicted octanol–water partition coefficient (Wildman–Crippen LogP) is 1.49. The zero-order valence-corrected chi connectivity index (χ0v) is 6.08. The van der Waals surface area contributed by atoms with E-state index in [-0.39, 0.29) is 5.54 Å². The number of hydrogen-bond acceptors (Lipinski definition) is 1. The lowest BCUT2D eigenvalue weighted by Gasteiger charge is -2.24. The summed E-state index contributed by atoms with van der Waals surface area (Å²) in [5.74, 6) is 0. The van der Waals surface area contributed by atoms with E-state index in [0.717, 1.165) is 13.0 Å². The SMILES string of the molecule is CCC1(C)NCCC1F. The molecule has 0 bridgehead atoms. The summed E-state index contributed by atoms with van der Waals surface area (Å²) in [6, 6.07) is 0. The molecule has 2 atom stereocenters. The molecule has 9 heavy (non-hydrogen) atoms. The molecule has 0 aliphatic carbocycles. The van der Waals surface area contributed by atoms with Crippen molar-refractivity contribution in [2.45, 2.75) is 38.4 Å². The minimum absolute atomic E-state index is 0.222. The van der Waals surface area contributed by atoms with E-state index < -0.39 is 6.17 Å². The molecule has 2 unspecified atom stereocenters. The van der Waals surface area contributed by atoms with Crippen LogP contribution in [0.5, 0.6) is 0 Å². The molecule has 0 amide bonds. The van der Waals surface area contributed by atoms with Gasteiger partial charge in [-0.05, 0) is 26.3 Å². The number of halogens is 1. The van der Waals surface area contributed by atoms with Gasteiger partial charge in [-0.25, -0.2) is 4.39 Å². The molecule has 0 aromatic heterocycles. The first-order chi connectivity index (χ1) is 4.19. The van der Waals surface area contributed by atoms with Gasteiger partial charge in [0.05, 0.1) is 0 Å². The maximum atomic E-state index is 12.9. The van der Waals surface area contributed by atoms with Crippen molar-refractivity contribution in [2.24, 2.45) is 0 Å². The molecule has 1 N–H and O–H groups in total. The second-order valence-corrected chi connectivity index (χ2v) is 2.95. The van der Waals surface area contributed by atoms with Gasteiger partial charge < -0.3 is 5.32 Å². The molecule has 0 aromatic rings. The highest BCUT2D eigenvalue weighted by Gasteiger charge is 2.36. The molecule has 1 saturated heterocycles. The van der Waals surface area contributed by atoms with Gasteiger partial charge in [0.15, 0.2) is 0 Å². The summed E-state index contributed by atoms with van der Waals surface area (Å²) < 4.78 is 12.9. The lowest BCUT2D eigenvalue weighted by molar-refractivity contribution is 0.212. The molecule has 1 rings (SSSR count). The van der Waals surface area contributed by atoms with Gasteiger partial charge in [-0.3, -0.25) is 0 Å². The average molecular weight is 131 g/mol. The molecular formula is C7H14FN. The lowest BCUT2D eigenvalue weighted by atomic mass is 9.95. The molecule has 1 aliphatic heterocycles. The highest BCUT2D eigenvalue weighted by Crippen LogP contribution is 2.25. The minimum atomic E-state index is -0.637. The molecule has 1 fully saturated rings. The Morgan fingerprint density at radius 1 is 1.78 bits per heavy atom. The number of alkyl halides is 1. The van der Waals surface area contributed by atoms with Crippen LogP contribution in [0.4, 0.5) is 4.39 Å². The standard InChI is InChI=1S/C7H14FN/c1-3-7(2)6(8)4-5-9-7/h6,9H,3-5H2,1-2H3. The Balaban J connectivity index is 2.56. The van der Waals surface area contributed by atoms with Crippen LogP contribution in [0.2, 0.25) is 0 Å². The van der Waals surface area contributed by atoms with Crippen LogP contribution in [-0.2, 0) is 0 Å². The van der Waals surface area contributed by atoms with Crippen LogP contribution in [0, 0.1) is 0 Å². The summed E-state index contributed by atoms with van der Waals surface area (Å²) in [5.41, 5.74) is -0.222. The quantitative estimate of drug-likeness (QED) is 0.568. The van der Waals surface area contributed by atoms with Gasteiger partial charge in [-0.1, -0.05) is 6.92 Å².